The first-order chi connectivity index (χ1) is 6.72. The predicted octanol–water partition coefficient (Wildman–Crippen LogP) is 0.833. The normalized spacial score (nSPS) is 37.1. The largest absolute Gasteiger partial charge is 0.376 e. The first-order valence-electron chi connectivity index (χ1n) is 5.79. The maximum absolute atomic E-state index is 5.87. The maximum atomic E-state index is 5.87. The minimum atomic E-state index is 0.374. The summed E-state index contributed by atoms with van der Waals surface area (Å²) in [6, 6.07) is 1.15. The summed E-state index contributed by atoms with van der Waals surface area (Å²) >= 11 is 0. The summed E-state index contributed by atoms with van der Waals surface area (Å²) in [5.41, 5.74) is 5.87. The van der Waals surface area contributed by atoms with Gasteiger partial charge in [0.15, 0.2) is 0 Å². The number of nitrogens with two attached hydrogens (primary N) is 1. The number of hydrogen-bond acceptors (Lipinski definition) is 3. The van der Waals surface area contributed by atoms with Crippen LogP contribution in [-0.2, 0) is 4.74 Å². The van der Waals surface area contributed by atoms with Crippen molar-refractivity contribution in [2.24, 2.45) is 11.7 Å². The highest BCUT2D eigenvalue weighted by atomic mass is 16.5. The highest BCUT2D eigenvalue weighted by Crippen LogP contribution is 2.36. The van der Waals surface area contributed by atoms with Crippen LogP contribution in [0.15, 0.2) is 0 Å². The lowest BCUT2D eigenvalue weighted by Gasteiger charge is -2.41. The van der Waals surface area contributed by atoms with Crippen LogP contribution in [0, 0.1) is 5.92 Å². The first-order valence-corrected chi connectivity index (χ1v) is 5.79. The molecule has 0 spiro atoms. The molecule has 82 valence electrons. The Morgan fingerprint density at radius 2 is 2.14 bits per heavy atom. The Labute approximate surface area is 86.6 Å². The topological polar surface area (TPSA) is 38.5 Å². The molecule has 0 amide bonds. The van der Waals surface area contributed by atoms with Gasteiger partial charge in [-0.1, -0.05) is 0 Å². The Morgan fingerprint density at radius 3 is 2.71 bits per heavy atom. The lowest BCUT2D eigenvalue weighted by atomic mass is 10.1. The van der Waals surface area contributed by atoms with Crippen molar-refractivity contribution in [2.45, 2.75) is 44.9 Å². The van der Waals surface area contributed by atoms with Crippen LogP contribution in [0.1, 0.15) is 26.7 Å². The first kappa shape index (κ1) is 10.4. The number of morpholine rings is 1. The van der Waals surface area contributed by atoms with Crippen molar-refractivity contribution < 1.29 is 4.74 Å². The average Bonchev–Trinajstić information content (AvgIpc) is 2.96. The maximum Gasteiger partial charge on any atom is 0.0674 e. The van der Waals surface area contributed by atoms with Gasteiger partial charge in [-0.3, -0.25) is 4.90 Å². The minimum absolute atomic E-state index is 0.374. The second-order valence-electron chi connectivity index (χ2n) is 4.83. The predicted molar refractivity (Wildman–Crippen MR) is 57.1 cm³/mol. The summed E-state index contributed by atoms with van der Waals surface area (Å²) in [6.45, 7) is 7.13. The molecule has 3 atom stereocenters. The van der Waals surface area contributed by atoms with Crippen LogP contribution in [-0.4, -0.2) is 42.8 Å². The highest BCUT2D eigenvalue weighted by molar-refractivity contribution is 4.92. The molecule has 0 aromatic rings. The van der Waals surface area contributed by atoms with Crippen molar-refractivity contribution in [3.05, 3.63) is 0 Å². The van der Waals surface area contributed by atoms with Gasteiger partial charge in [0.2, 0.25) is 0 Å². The van der Waals surface area contributed by atoms with Gasteiger partial charge in [0.25, 0.3) is 0 Å². The molecule has 2 aliphatic rings. The van der Waals surface area contributed by atoms with Gasteiger partial charge in [-0.15, -0.1) is 0 Å². The molecule has 0 aromatic heterocycles. The van der Waals surface area contributed by atoms with Crippen LogP contribution in [0.25, 0.3) is 0 Å². The van der Waals surface area contributed by atoms with Gasteiger partial charge in [-0.05, 0) is 32.6 Å². The molecule has 1 saturated carbocycles. The molecule has 2 fully saturated rings. The number of hydrogen-bond donors (Lipinski definition) is 1. The van der Waals surface area contributed by atoms with Crippen LogP contribution in [0.5, 0.6) is 0 Å². The van der Waals surface area contributed by atoms with E-state index in [-0.39, 0.29) is 0 Å². The molecule has 3 nitrogen and oxygen atoms in total. The van der Waals surface area contributed by atoms with Gasteiger partial charge in [0, 0.05) is 25.2 Å². The molecule has 1 saturated heterocycles. The number of rotatable bonds is 3. The monoisotopic (exact) mass is 198 g/mol. The number of nitrogens with zero attached hydrogens (tertiary/aromatic N) is 1. The SMILES string of the molecule is CC1CN(C(CN)C2CC2)C(C)CO1. The summed E-state index contributed by atoms with van der Waals surface area (Å²) in [4.78, 5) is 2.56. The Morgan fingerprint density at radius 1 is 1.43 bits per heavy atom. The molecule has 3 unspecified atom stereocenters. The summed E-state index contributed by atoms with van der Waals surface area (Å²) < 4.78 is 5.63. The van der Waals surface area contributed by atoms with Crippen LogP contribution in [0.4, 0.5) is 0 Å². The van der Waals surface area contributed by atoms with Gasteiger partial charge in [0.1, 0.15) is 0 Å². The summed E-state index contributed by atoms with van der Waals surface area (Å²) in [5.74, 6) is 0.868. The third-order valence-corrected chi connectivity index (χ3v) is 3.49. The highest BCUT2D eigenvalue weighted by Gasteiger charge is 2.38. The van der Waals surface area contributed by atoms with Crippen molar-refractivity contribution in [1.29, 1.82) is 0 Å². The smallest absolute Gasteiger partial charge is 0.0674 e. The second-order valence-corrected chi connectivity index (χ2v) is 4.83. The lowest BCUT2D eigenvalue weighted by Crippen LogP contribution is -2.55. The van der Waals surface area contributed by atoms with E-state index in [9.17, 15) is 0 Å². The van der Waals surface area contributed by atoms with Gasteiger partial charge in [-0.25, -0.2) is 0 Å². The molecule has 0 bridgehead atoms. The van der Waals surface area contributed by atoms with Crippen molar-refractivity contribution in [1.82, 2.24) is 4.90 Å². The Bertz CT molecular complexity index is 194. The van der Waals surface area contributed by atoms with E-state index >= 15 is 0 Å². The van der Waals surface area contributed by atoms with Gasteiger partial charge < -0.3 is 10.5 Å². The van der Waals surface area contributed by atoms with E-state index in [0.29, 0.717) is 18.2 Å². The van der Waals surface area contributed by atoms with Crippen molar-refractivity contribution in [2.75, 3.05) is 19.7 Å². The van der Waals surface area contributed by atoms with Gasteiger partial charge in [-0.2, -0.15) is 0 Å². The third kappa shape index (κ3) is 2.10. The van der Waals surface area contributed by atoms with Crippen LogP contribution in [0.2, 0.25) is 0 Å². The van der Waals surface area contributed by atoms with Gasteiger partial charge in [0.05, 0.1) is 12.7 Å². The minimum Gasteiger partial charge on any atom is -0.376 e. The summed E-state index contributed by atoms with van der Waals surface area (Å²) in [5, 5.41) is 0. The molecule has 1 aliphatic carbocycles. The fourth-order valence-electron chi connectivity index (χ4n) is 2.47. The third-order valence-electron chi connectivity index (χ3n) is 3.49. The Kier molecular flexibility index (Phi) is 3.10. The van der Waals surface area contributed by atoms with Crippen molar-refractivity contribution in [3.8, 4) is 0 Å². The average molecular weight is 198 g/mol. The summed E-state index contributed by atoms with van der Waals surface area (Å²) in [7, 11) is 0. The Hall–Kier alpha value is -0.120. The van der Waals surface area contributed by atoms with Crippen LogP contribution < -0.4 is 5.73 Å². The van der Waals surface area contributed by atoms with Crippen LogP contribution in [0.3, 0.4) is 0 Å². The zero-order chi connectivity index (χ0) is 10.1. The van der Waals surface area contributed by atoms with Gasteiger partial charge >= 0.3 is 0 Å². The second kappa shape index (κ2) is 4.17. The fourth-order valence-corrected chi connectivity index (χ4v) is 2.47. The fraction of sp³-hybridized carbons (Fsp3) is 1.00. The van der Waals surface area contributed by atoms with E-state index in [1.807, 2.05) is 0 Å². The molecule has 2 rings (SSSR count). The van der Waals surface area contributed by atoms with Crippen LogP contribution >= 0.6 is 0 Å². The number of ether oxygens (including phenoxy) is 1. The quantitative estimate of drug-likeness (QED) is 0.730. The zero-order valence-corrected chi connectivity index (χ0v) is 9.28. The zero-order valence-electron chi connectivity index (χ0n) is 9.28. The summed E-state index contributed by atoms with van der Waals surface area (Å²) in [6.07, 6.45) is 3.12. The van der Waals surface area contributed by atoms with E-state index in [1.165, 1.54) is 12.8 Å². The van der Waals surface area contributed by atoms with Crippen molar-refractivity contribution in [3.63, 3.8) is 0 Å². The molecule has 2 N–H and O–H groups in total. The van der Waals surface area contributed by atoms with Crippen molar-refractivity contribution >= 4 is 0 Å². The standard InChI is InChI=1S/C11H22N2O/c1-8-7-14-9(2)6-13(8)11(5-12)10-3-4-10/h8-11H,3-7,12H2,1-2H3. The molecule has 1 heterocycles. The van der Waals surface area contributed by atoms with E-state index < -0.39 is 0 Å². The molecule has 1 aliphatic heterocycles. The Balaban J connectivity index is 1.97. The molecule has 3 heteroatoms. The van der Waals surface area contributed by atoms with E-state index in [2.05, 4.69) is 18.7 Å². The molecule has 14 heavy (non-hydrogen) atoms. The van der Waals surface area contributed by atoms with E-state index in [0.717, 1.165) is 25.6 Å². The lowest BCUT2D eigenvalue weighted by molar-refractivity contribution is -0.0678. The van der Waals surface area contributed by atoms with E-state index in [4.69, 9.17) is 10.5 Å². The molecule has 0 aromatic carbocycles. The molecular formula is C11H22N2O. The molecular weight excluding hydrogens is 176 g/mol. The van der Waals surface area contributed by atoms with E-state index in [1.54, 1.807) is 0 Å². The molecule has 0 radical (unpaired) electrons.